The average molecular weight is 220 g/mol. The topological polar surface area (TPSA) is 69.8 Å². The van der Waals surface area contributed by atoms with Crippen molar-refractivity contribution >= 4 is 5.91 Å². The molecule has 1 heterocycles. The molecule has 0 aliphatic carbocycles. The van der Waals surface area contributed by atoms with Crippen LogP contribution in [-0.4, -0.2) is 24.1 Å². The van der Waals surface area contributed by atoms with Gasteiger partial charge < -0.3 is 15.2 Å². The highest BCUT2D eigenvalue weighted by Crippen LogP contribution is 2.11. The van der Waals surface area contributed by atoms with Crippen molar-refractivity contribution in [2.75, 3.05) is 13.6 Å². The number of nitrogens with one attached hydrogen (secondary N) is 2. The molecule has 16 heavy (non-hydrogen) atoms. The lowest BCUT2D eigenvalue weighted by Gasteiger charge is -2.07. The monoisotopic (exact) mass is 220 g/mol. The molecule has 5 nitrogen and oxygen atoms in total. The molecule has 1 atom stereocenters. The van der Waals surface area contributed by atoms with Gasteiger partial charge in [-0.3, -0.25) is 4.79 Å². The lowest BCUT2D eigenvalue weighted by Crippen LogP contribution is -2.27. The predicted molar refractivity (Wildman–Crippen MR) is 60.5 cm³/mol. The fourth-order valence-electron chi connectivity index (χ4n) is 1.34. The van der Waals surface area contributed by atoms with Gasteiger partial charge in [0, 0.05) is 18.4 Å². The molecule has 5 heteroatoms. The van der Waals surface area contributed by atoms with E-state index in [1.807, 2.05) is 31.6 Å². The molecule has 0 spiro atoms. The third kappa shape index (κ3) is 3.41. The van der Waals surface area contributed by atoms with Crippen molar-refractivity contribution in [1.82, 2.24) is 15.2 Å². The van der Waals surface area contributed by atoms with E-state index in [1.165, 1.54) is 0 Å². The number of aromatic nitrogens is 1. The van der Waals surface area contributed by atoms with Gasteiger partial charge in [0.05, 0.1) is 6.07 Å². The van der Waals surface area contributed by atoms with Crippen molar-refractivity contribution in [2.24, 2.45) is 0 Å². The summed E-state index contributed by atoms with van der Waals surface area (Å²) in [7, 11) is 1.89. The number of nitriles is 1. The maximum Gasteiger partial charge on any atom is 0.240 e. The molecule has 0 aromatic carbocycles. The molecule has 1 aromatic rings. The van der Waals surface area contributed by atoms with Crippen molar-refractivity contribution in [3.05, 3.63) is 24.0 Å². The van der Waals surface area contributed by atoms with Crippen molar-refractivity contribution < 1.29 is 4.79 Å². The number of hydrogen-bond acceptors (Lipinski definition) is 3. The Labute approximate surface area is 95.1 Å². The van der Waals surface area contributed by atoms with Gasteiger partial charge in [-0.15, -0.1) is 0 Å². The lowest BCUT2D eigenvalue weighted by atomic mass is 10.2. The molecule has 2 N–H and O–H groups in total. The Hall–Kier alpha value is -1.80. The van der Waals surface area contributed by atoms with E-state index in [9.17, 15) is 4.79 Å². The Morgan fingerprint density at radius 1 is 1.69 bits per heavy atom. The maximum absolute atomic E-state index is 11.3. The van der Waals surface area contributed by atoms with Crippen molar-refractivity contribution in [1.29, 1.82) is 5.26 Å². The first kappa shape index (κ1) is 12.3. The number of nitrogens with zero attached hydrogens (tertiary/aromatic N) is 2. The number of rotatable bonds is 5. The van der Waals surface area contributed by atoms with Gasteiger partial charge >= 0.3 is 0 Å². The summed E-state index contributed by atoms with van der Waals surface area (Å²) in [6.45, 7) is 2.35. The zero-order chi connectivity index (χ0) is 12.0. The van der Waals surface area contributed by atoms with Gasteiger partial charge in [0.25, 0.3) is 0 Å². The molecule has 86 valence electrons. The molecule has 0 aliphatic rings. The van der Waals surface area contributed by atoms with Crippen LogP contribution in [0.15, 0.2) is 18.5 Å². The lowest BCUT2D eigenvalue weighted by molar-refractivity contribution is -0.121. The van der Waals surface area contributed by atoms with E-state index in [2.05, 4.69) is 17.6 Å². The van der Waals surface area contributed by atoms with E-state index >= 15 is 0 Å². The van der Waals surface area contributed by atoms with Gasteiger partial charge in [0.2, 0.25) is 5.91 Å². The Morgan fingerprint density at radius 2 is 2.44 bits per heavy atom. The first-order valence-corrected chi connectivity index (χ1v) is 5.14. The first-order chi connectivity index (χ1) is 7.67. The molecule has 0 bridgehead atoms. The van der Waals surface area contributed by atoms with Crippen molar-refractivity contribution in [2.45, 2.75) is 19.5 Å². The minimum absolute atomic E-state index is 0.0554. The van der Waals surface area contributed by atoms with Gasteiger partial charge in [-0.25, -0.2) is 0 Å². The minimum atomic E-state index is -0.152. The summed E-state index contributed by atoms with van der Waals surface area (Å²) < 4.78 is 1.80. The molecule has 1 aromatic heterocycles. The average Bonchev–Trinajstić information content (AvgIpc) is 2.73. The zero-order valence-electron chi connectivity index (χ0n) is 9.53. The van der Waals surface area contributed by atoms with Crippen LogP contribution in [-0.2, 0) is 11.3 Å². The number of amides is 1. The third-order valence-electron chi connectivity index (χ3n) is 2.40. The maximum atomic E-state index is 11.3. The molecular weight excluding hydrogens is 204 g/mol. The van der Waals surface area contributed by atoms with E-state index in [0.29, 0.717) is 0 Å². The van der Waals surface area contributed by atoms with E-state index in [0.717, 1.165) is 5.56 Å². The second-order valence-electron chi connectivity index (χ2n) is 3.56. The van der Waals surface area contributed by atoms with Gasteiger partial charge in [0.15, 0.2) is 0 Å². The number of carbonyl (C=O) groups excluding carboxylic acids is 1. The fraction of sp³-hybridized carbons (Fsp3) is 0.455. The molecule has 0 saturated heterocycles. The van der Waals surface area contributed by atoms with Crippen LogP contribution in [0.2, 0.25) is 0 Å². The molecule has 0 saturated carbocycles. The van der Waals surface area contributed by atoms with Gasteiger partial charge in [-0.2, -0.15) is 5.26 Å². The standard InChI is InChI=1S/C11H16N4O/c1-9(13-2)10-3-6-15(7-10)8-11(16)14-5-4-12/h3,6-7,9,13H,5,8H2,1-2H3,(H,14,16). The summed E-state index contributed by atoms with van der Waals surface area (Å²) in [5.41, 5.74) is 1.13. The van der Waals surface area contributed by atoms with Crippen LogP contribution < -0.4 is 10.6 Å². The summed E-state index contributed by atoms with van der Waals surface area (Å²) in [5, 5.41) is 13.9. The molecule has 1 amide bonds. The Kier molecular flexibility index (Phi) is 4.55. The third-order valence-corrected chi connectivity index (χ3v) is 2.40. The normalized spacial score (nSPS) is 11.8. The van der Waals surface area contributed by atoms with E-state index < -0.39 is 0 Å². The van der Waals surface area contributed by atoms with Gasteiger partial charge in [-0.05, 0) is 25.6 Å². The fourth-order valence-corrected chi connectivity index (χ4v) is 1.34. The molecule has 1 rings (SSSR count). The smallest absolute Gasteiger partial charge is 0.240 e. The van der Waals surface area contributed by atoms with Crippen LogP contribution in [0.3, 0.4) is 0 Å². The Balaban J connectivity index is 2.52. The minimum Gasteiger partial charge on any atom is -0.345 e. The number of hydrogen-bond donors (Lipinski definition) is 2. The van der Waals surface area contributed by atoms with E-state index in [1.54, 1.807) is 4.57 Å². The summed E-state index contributed by atoms with van der Waals surface area (Å²) >= 11 is 0. The Bertz CT molecular complexity index is 391. The van der Waals surface area contributed by atoms with Crippen LogP contribution in [0, 0.1) is 11.3 Å². The molecule has 0 radical (unpaired) electrons. The molecular formula is C11H16N4O. The highest BCUT2D eigenvalue weighted by molar-refractivity contribution is 5.75. The van der Waals surface area contributed by atoms with E-state index in [-0.39, 0.29) is 25.0 Å². The van der Waals surface area contributed by atoms with Crippen LogP contribution in [0.25, 0.3) is 0 Å². The Morgan fingerprint density at radius 3 is 3.06 bits per heavy atom. The van der Waals surface area contributed by atoms with Gasteiger partial charge in [0.1, 0.15) is 13.1 Å². The predicted octanol–water partition coefficient (Wildman–Crippen LogP) is 0.408. The second kappa shape index (κ2) is 5.93. The van der Waals surface area contributed by atoms with Crippen LogP contribution in [0.5, 0.6) is 0 Å². The largest absolute Gasteiger partial charge is 0.345 e. The highest BCUT2D eigenvalue weighted by Gasteiger charge is 2.06. The van der Waals surface area contributed by atoms with Crippen molar-refractivity contribution in [3.8, 4) is 6.07 Å². The molecule has 1 unspecified atom stereocenters. The quantitative estimate of drug-likeness (QED) is 0.706. The second-order valence-corrected chi connectivity index (χ2v) is 3.56. The summed E-state index contributed by atoms with van der Waals surface area (Å²) in [6, 6.07) is 4.10. The summed E-state index contributed by atoms with van der Waals surface area (Å²) in [5.74, 6) is -0.152. The SMILES string of the molecule is CNC(C)c1ccn(CC(=O)NCC#N)c1. The van der Waals surface area contributed by atoms with Crippen LogP contribution >= 0.6 is 0 Å². The highest BCUT2D eigenvalue weighted by atomic mass is 16.1. The number of carbonyl (C=O) groups is 1. The van der Waals surface area contributed by atoms with Crippen molar-refractivity contribution in [3.63, 3.8) is 0 Å². The first-order valence-electron chi connectivity index (χ1n) is 5.14. The zero-order valence-corrected chi connectivity index (χ0v) is 9.53. The molecule has 0 aliphatic heterocycles. The summed E-state index contributed by atoms with van der Waals surface area (Å²) in [6.07, 6.45) is 3.78. The summed E-state index contributed by atoms with van der Waals surface area (Å²) in [4.78, 5) is 11.3. The van der Waals surface area contributed by atoms with E-state index in [4.69, 9.17) is 5.26 Å². The van der Waals surface area contributed by atoms with Gasteiger partial charge in [-0.1, -0.05) is 0 Å². The molecule has 0 fully saturated rings. The van der Waals surface area contributed by atoms with Crippen LogP contribution in [0.4, 0.5) is 0 Å². The van der Waals surface area contributed by atoms with Crippen LogP contribution in [0.1, 0.15) is 18.5 Å².